The molecule has 0 aliphatic rings. The number of nitrogens with one attached hydrogen (secondary N) is 2. The lowest BCUT2D eigenvalue weighted by Crippen LogP contribution is -2.13. The van der Waals surface area contributed by atoms with E-state index in [1.807, 2.05) is 36.4 Å². The van der Waals surface area contributed by atoms with Gasteiger partial charge in [0.15, 0.2) is 0 Å². The Bertz CT molecular complexity index is 915. The van der Waals surface area contributed by atoms with Crippen LogP contribution in [0, 0.1) is 0 Å². The number of carbonyl (C=O) groups is 1. The van der Waals surface area contributed by atoms with Crippen molar-refractivity contribution in [3.05, 3.63) is 83.0 Å². The van der Waals surface area contributed by atoms with Crippen molar-refractivity contribution in [3.8, 4) is 5.75 Å². The van der Waals surface area contributed by atoms with E-state index in [-0.39, 0.29) is 5.91 Å². The molecule has 26 heavy (non-hydrogen) atoms. The number of pyridine rings is 1. The summed E-state index contributed by atoms with van der Waals surface area (Å²) in [5.41, 5.74) is 2.06. The van der Waals surface area contributed by atoms with Gasteiger partial charge in [-0.15, -0.1) is 0 Å². The first kappa shape index (κ1) is 17.8. The van der Waals surface area contributed by atoms with Crippen LogP contribution in [0.3, 0.4) is 0 Å². The maximum atomic E-state index is 12.4. The number of carbonyl (C=O) groups excluding carboxylic acids is 1. The van der Waals surface area contributed by atoms with Crippen molar-refractivity contribution in [2.45, 2.75) is 6.54 Å². The monoisotopic (exact) mass is 367 g/mol. The Morgan fingerprint density at radius 2 is 1.88 bits per heavy atom. The van der Waals surface area contributed by atoms with Crippen LogP contribution in [0.1, 0.15) is 15.9 Å². The lowest BCUT2D eigenvalue weighted by molar-refractivity contribution is 0.102. The average molecular weight is 368 g/mol. The van der Waals surface area contributed by atoms with Crippen molar-refractivity contribution in [3.63, 3.8) is 0 Å². The molecule has 1 heterocycles. The fraction of sp³-hybridized carbons (Fsp3) is 0.100. The van der Waals surface area contributed by atoms with Gasteiger partial charge in [-0.3, -0.25) is 4.79 Å². The zero-order valence-corrected chi connectivity index (χ0v) is 15.0. The first-order chi connectivity index (χ1) is 12.7. The molecular weight excluding hydrogens is 350 g/mol. The third kappa shape index (κ3) is 4.32. The van der Waals surface area contributed by atoms with Gasteiger partial charge < -0.3 is 15.4 Å². The van der Waals surface area contributed by atoms with Crippen LogP contribution in [0.4, 0.5) is 11.5 Å². The van der Waals surface area contributed by atoms with Gasteiger partial charge >= 0.3 is 0 Å². The van der Waals surface area contributed by atoms with Crippen LogP contribution in [0.15, 0.2) is 66.9 Å². The molecule has 0 radical (unpaired) electrons. The van der Waals surface area contributed by atoms with E-state index in [2.05, 4.69) is 15.6 Å². The number of benzene rings is 2. The summed E-state index contributed by atoms with van der Waals surface area (Å²) in [6.45, 7) is 0.534. The van der Waals surface area contributed by atoms with Gasteiger partial charge in [0.1, 0.15) is 11.6 Å². The minimum absolute atomic E-state index is 0.249. The summed E-state index contributed by atoms with van der Waals surface area (Å²) in [4.78, 5) is 16.7. The summed E-state index contributed by atoms with van der Waals surface area (Å²) in [5.74, 6) is 1.15. The van der Waals surface area contributed by atoms with Crippen molar-refractivity contribution >= 4 is 29.0 Å². The van der Waals surface area contributed by atoms with Crippen molar-refractivity contribution in [1.82, 2.24) is 4.98 Å². The Kier molecular flexibility index (Phi) is 5.71. The predicted molar refractivity (Wildman–Crippen MR) is 104 cm³/mol. The van der Waals surface area contributed by atoms with Crippen molar-refractivity contribution in [2.24, 2.45) is 0 Å². The summed E-state index contributed by atoms with van der Waals surface area (Å²) in [7, 11) is 1.64. The van der Waals surface area contributed by atoms with E-state index < -0.39 is 0 Å². The smallest absolute Gasteiger partial charge is 0.255 e. The molecule has 1 aromatic heterocycles. The van der Waals surface area contributed by atoms with E-state index in [0.717, 1.165) is 11.3 Å². The molecule has 2 aromatic carbocycles. The summed E-state index contributed by atoms with van der Waals surface area (Å²) >= 11 is 6.08. The van der Waals surface area contributed by atoms with Gasteiger partial charge in [-0.1, -0.05) is 41.9 Å². The van der Waals surface area contributed by atoms with Crippen LogP contribution in [-0.2, 0) is 6.54 Å². The lowest BCUT2D eigenvalue weighted by Gasteiger charge is -2.11. The molecule has 0 aliphatic carbocycles. The Morgan fingerprint density at radius 3 is 2.69 bits per heavy atom. The van der Waals surface area contributed by atoms with Crippen molar-refractivity contribution in [2.75, 3.05) is 17.7 Å². The minimum atomic E-state index is -0.249. The summed E-state index contributed by atoms with van der Waals surface area (Å²) < 4.78 is 5.34. The third-order valence-corrected chi connectivity index (χ3v) is 4.13. The van der Waals surface area contributed by atoms with Crippen LogP contribution in [0.25, 0.3) is 0 Å². The summed E-state index contributed by atoms with van der Waals surface area (Å²) in [6, 6.07) is 18.2. The molecule has 0 fully saturated rings. The second-order valence-electron chi connectivity index (χ2n) is 5.53. The average Bonchev–Trinajstić information content (AvgIpc) is 2.68. The first-order valence-corrected chi connectivity index (χ1v) is 8.43. The van der Waals surface area contributed by atoms with Crippen molar-refractivity contribution < 1.29 is 9.53 Å². The highest BCUT2D eigenvalue weighted by molar-refractivity contribution is 6.33. The van der Waals surface area contributed by atoms with E-state index in [4.69, 9.17) is 16.3 Å². The third-order valence-electron chi connectivity index (χ3n) is 3.80. The Labute approximate surface area is 157 Å². The molecule has 3 aromatic rings. The highest BCUT2D eigenvalue weighted by atomic mass is 35.5. The van der Waals surface area contributed by atoms with E-state index in [0.29, 0.717) is 28.6 Å². The maximum Gasteiger partial charge on any atom is 0.255 e. The van der Waals surface area contributed by atoms with Gasteiger partial charge in [0.05, 0.1) is 17.8 Å². The standard InChI is InChI=1S/C20H18ClN3O2/c1-26-18-9-5-2-6-15(18)13-23-19-12-14(10-11-22-19)20(25)24-17-8-4-3-7-16(17)21/h2-12H,13H2,1H3,(H,22,23)(H,24,25). The van der Waals surface area contributed by atoms with Gasteiger partial charge in [0.25, 0.3) is 5.91 Å². The first-order valence-electron chi connectivity index (χ1n) is 8.05. The fourth-order valence-electron chi connectivity index (χ4n) is 2.46. The SMILES string of the molecule is COc1ccccc1CNc1cc(C(=O)Nc2ccccc2Cl)ccn1. The fourth-order valence-corrected chi connectivity index (χ4v) is 2.64. The molecule has 0 saturated heterocycles. The number of methoxy groups -OCH3 is 1. The number of amides is 1. The number of anilines is 2. The molecule has 0 unspecified atom stereocenters. The van der Waals surface area contributed by atoms with Gasteiger partial charge in [-0.05, 0) is 30.3 Å². The second kappa shape index (κ2) is 8.36. The molecule has 0 atom stereocenters. The summed E-state index contributed by atoms with van der Waals surface area (Å²) in [6.07, 6.45) is 1.59. The van der Waals surface area contributed by atoms with E-state index in [1.165, 1.54) is 0 Å². The van der Waals surface area contributed by atoms with Gasteiger partial charge in [0.2, 0.25) is 0 Å². The molecule has 3 rings (SSSR count). The number of para-hydroxylation sites is 2. The van der Waals surface area contributed by atoms with Gasteiger partial charge in [0, 0.05) is 23.9 Å². The number of hydrogen-bond donors (Lipinski definition) is 2. The van der Waals surface area contributed by atoms with E-state index in [9.17, 15) is 4.79 Å². The Hall–Kier alpha value is -3.05. The molecule has 6 heteroatoms. The number of aromatic nitrogens is 1. The quantitative estimate of drug-likeness (QED) is 0.668. The summed E-state index contributed by atoms with van der Waals surface area (Å²) in [5, 5.41) is 6.50. The number of ether oxygens (including phenoxy) is 1. The zero-order chi connectivity index (χ0) is 18.4. The Morgan fingerprint density at radius 1 is 1.12 bits per heavy atom. The largest absolute Gasteiger partial charge is 0.496 e. The minimum Gasteiger partial charge on any atom is -0.496 e. The molecule has 0 saturated carbocycles. The maximum absolute atomic E-state index is 12.4. The number of nitrogens with zero attached hydrogens (tertiary/aromatic N) is 1. The molecule has 2 N–H and O–H groups in total. The predicted octanol–water partition coefficient (Wildman–Crippen LogP) is 4.61. The van der Waals surface area contributed by atoms with Gasteiger partial charge in [-0.2, -0.15) is 0 Å². The zero-order valence-electron chi connectivity index (χ0n) is 14.2. The second-order valence-corrected chi connectivity index (χ2v) is 5.94. The molecule has 0 bridgehead atoms. The molecular formula is C20H18ClN3O2. The van der Waals surface area contributed by atoms with Crippen LogP contribution in [0.5, 0.6) is 5.75 Å². The number of halogens is 1. The van der Waals surface area contributed by atoms with Crippen LogP contribution < -0.4 is 15.4 Å². The lowest BCUT2D eigenvalue weighted by atomic mass is 10.2. The molecule has 0 spiro atoms. The van der Waals surface area contributed by atoms with E-state index in [1.54, 1.807) is 37.6 Å². The molecule has 1 amide bonds. The van der Waals surface area contributed by atoms with Crippen LogP contribution in [0.2, 0.25) is 5.02 Å². The van der Waals surface area contributed by atoms with Crippen LogP contribution in [-0.4, -0.2) is 18.0 Å². The number of hydrogen-bond acceptors (Lipinski definition) is 4. The number of rotatable bonds is 6. The molecule has 5 nitrogen and oxygen atoms in total. The molecule has 132 valence electrons. The van der Waals surface area contributed by atoms with Gasteiger partial charge in [-0.25, -0.2) is 4.98 Å². The van der Waals surface area contributed by atoms with Crippen molar-refractivity contribution in [1.29, 1.82) is 0 Å². The highest BCUT2D eigenvalue weighted by Crippen LogP contribution is 2.22. The normalized spacial score (nSPS) is 10.2. The van der Waals surface area contributed by atoms with E-state index >= 15 is 0 Å². The van der Waals surface area contributed by atoms with Crippen LogP contribution >= 0.6 is 11.6 Å². The highest BCUT2D eigenvalue weighted by Gasteiger charge is 2.10. The molecule has 0 aliphatic heterocycles. The topological polar surface area (TPSA) is 63.2 Å². The Balaban J connectivity index is 1.70.